The minimum Gasteiger partial charge on any atom is -0.339 e. The lowest BCUT2D eigenvalue weighted by molar-refractivity contribution is -0.117. The van der Waals surface area contributed by atoms with E-state index in [1.54, 1.807) is 47.1 Å². The zero-order chi connectivity index (χ0) is 17.7. The number of nitrogens with one attached hydrogen (secondary N) is 1. The van der Waals surface area contributed by atoms with Gasteiger partial charge in [0.1, 0.15) is 6.54 Å². The molecule has 0 radical (unpaired) electrons. The summed E-state index contributed by atoms with van der Waals surface area (Å²) in [6.45, 7) is 5.01. The number of benzene rings is 1. The van der Waals surface area contributed by atoms with Crippen molar-refractivity contribution in [1.82, 2.24) is 14.3 Å². The van der Waals surface area contributed by atoms with E-state index in [1.807, 2.05) is 13.8 Å². The van der Waals surface area contributed by atoms with Crippen LogP contribution in [0.5, 0.6) is 0 Å². The van der Waals surface area contributed by atoms with Crippen LogP contribution in [-0.4, -0.2) is 39.2 Å². The molecule has 0 unspecified atom stereocenters. The van der Waals surface area contributed by atoms with Crippen molar-refractivity contribution in [2.75, 3.05) is 18.4 Å². The number of amides is 2. The van der Waals surface area contributed by atoms with Crippen molar-refractivity contribution in [2.24, 2.45) is 7.05 Å². The standard InChI is InChI=1S/C17H22N4O3/c1-4-20(5-2)17(24)13-7-6-8-14(11-13)18-15(22)12-21-16(23)9-10-19(21)3/h6-11H,4-5,12H2,1-3H3,(H,18,22). The highest BCUT2D eigenvalue weighted by Crippen LogP contribution is 2.13. The second-order valence-electron chi connectivity index (χ2n) is 5.39. The second kappa shape index (κ2) is 7.63. The molecule has 0 fully saturated rings. The van der Waals surface area contributed by atoms with E-state index in [-0.39, 0.29) is 23.9 Å². The maximum atomic E-state index is 12.4. The van der Waals surface area contributed by atoms with Crippen LogP contribution in [0.1, 0.15) is 24.2 Å². The van der Waals surface area contributed by atoms with Crippen molar-refractivity contribution in [1.29, 1.82) is 0 Å². The van der Waals surface area contributed by atoms with Crippen molar-refractivity contribution < 1.29 is 9.59 Å². The highest BCUT2D eigenvalue weighted by atomic mass is 16.2. The molecule has 1 N–H and O–H groups in total. The fourth-order valence-electron chi connectivity index (χ4n) is 2.44. The molecule has 2 amide bonds. The van der Waals surface area contributed by atoms with Gasteiger partial charge in [-0.2, -0.15) is 0 Å². The van der Waals surface area contributed by atoms with Gasteiger partial charge < -0.3 is 10.2 Å². The average Bonchev–Trinajstić information content (AvgIpc) is 2.88. The van der Waals surface area contributed by atoms with Gasteiger partial charge in [-0.25, -0.2) is 4.68 Å². The third kappa shape index (κ3) is 3.92. The predicted molar refractivity (Wildman–Crippen MR) is 92.0 cm³/mol. The van der Waals surface area contributed by atoms with Gasteiger partial charge in [0.25, 0.3) is 11.5 Å². The first kappa shape index (κ1) is 17.5. The molecule has 0 aliphatic rings. The van der Waals surface area contributed by atoms with Gasteiger partial charge in [-0.1, -0.05) is 6.07 Å². The summed E-state index contributed by atoms with van der Waals surface area (Å²) in [7, 11) is 1.69. The van der Waals surface area contributed by atoms with E-state index in [0.717, 1.165) is 0 Å². The SMILES string of the molecule is CCN(CC)C(=O)c1cccc(NC(=O)Cn2c(=O)ccn2C)c1. The summed E-state index contributed by atoms with van der Waals surface area (Å²) >= 11 is 0. The van der Waals surface area contributed by atoms with E-state index in [2.05, 4.69) is 5.32 Å². The Morgan fingerprint density at radius 1 is 1.17 bits per heavy atom. The summed E-state index contributed by atoms with van der Waals surface area (Å²) in [6.07, 6.45) is 1.60. The zero-order valence-electron chi connectivity index (χ0n) is 14.2. The number of carbonyl (C=O) groups excluding carboxylic acids is 2. The van der Waals surface area contributed by atoms with Crippen LogP contribution in [0.25, 0.3) is 0 Å². The van der Waals surface area contributed by atoms with Crippen LogP contribution in [0.2, 0.25) is 0 Å². The van der Waals surface area contributed by atoms with Crippen molar-refractivity contribution in [3.05, 3.63) is 52.4 Å². The molecule has 2 rings (SSSR count). The normalized spacial score (nSPS) is 10.5. The topological polar surface area (TPSA) is 76.3 Å². The van der Waals surface area contributed by atoms with Crippen LogP contribution < -0.4 is 10.9 Å². The smallest absolute Gasteiger partial charge is 0.267 e. The first-order valence-electron chi connectivity index (χ1n) is 7.87. The maximum absolute atomic E-state index is 12.4. The Bertz CT molecular complexity index is 787. The molecule has 0 aliphatic carbocycles. The Balaban J connectivity index is 2.10. The number of hydrogen-bond acceptors (Lipinski definition) is 3. The number of hydrogen-bond donors (Lipinski definition) is 1. The molecule has 1 heterocycles. The monoisotopic (exact) mass is 330 g/mol. The molecule has 128 valence electrons. The minimum absolute atomic E-state index is 0.0743. The molecule has 0 spiro atoms. The van der Waals surface area contributed by atoms with E-state index in [9.17, 15) is 14.4 Å². The third-order valence-electron chi connectivity index (χ3n) is 3.81. The maximum Gasteiger partial charge on any atom is 0.267 e. The predicted octanol–water partition coefficient (Wildman–Crippen LogP) is 1.31. The highest BCUT2D eigenvalue weighted by molar-refractivity contribution is 5.97. The van der Waals surface area contributed by atoms with Gasteiger partial charge in [-0.3, -0.25) is 19.1 Å². The quantitative estimate of drug-likeness (QED) is 0.867. The number of aromatic nitrogens is 2. The highest BCUT2D eigenvalue weighted by Gasteiger charge is 2.13. The molecule has 0 saturated heterocycles. The Morgan fingerprint density at radius 3 is 2.46 bits per heavy atom. The molecule has 0 bridgehead atoms. The van der Waals surface area contributed by atoms with Crippen molar-refractivity contribution in [3.63, 3.8) is 0 Å². The number of nitrogens with zero attached hydrogens (tertiary/aromatic N) is 3. The first-order valence-corrected chi connectivity index (χ1v) is 7.87. The number of carbonyl (C=O) groups is 2. The summed E-state index contributed by atoms with van der Waals surface area (Å²) in [5, 5.41) is 2.72. The third-order valence-corrected chi connectivity index (χ3v) is 3.81. The molecular weight excluding hydrogens is 308 g/mol. The molecule has 0 saturated carbocycles. The van der Waals surface area contributed by atoms with Gasteiger partial charge in [0.15, 0.2) is 0 Å². The van der Waals surface area contributed by atoms with Crippen molar-refractivity contribution >= 4 is 17.5 Å². The number of rotatable bonds is 6. The van der Waals surface area contributed by atoms with Gasteiger partial charge in [-0.05, 0) is 32.0 Å². The van der Waals surface area contributed by atoms with Crippen molar-refractivity contribution in [2.45, 2.75) is 20.4 Å². The molecule has 0 atom stereocenters. The fourth-order valence-corrected chi connectivity index (χ4v) is 2.44. The lowest BCUT2D eigenvalue weighted by Crippen LogP contribution is -2.31. The van der Waals surface area contributed by atoms with E-state index in [1.165, 1.54) is 10.7 Å². The van der Waals surface area contributed by atoms with Crippen molar-refractivity contribution in [3.8, 4) is 0 Å². The molecule has 1 aromatic carbocycles. The van der Waals surface area contributed by atoms with Gasteiger partial charge in [0.05, 0.1) is 0 Å². The summed E-state index contributed by atoms with van der Waals surface area (Å²) < 4.78 is 2.88. The van der Waals surface area contributed by atoms with Crippen LogP contribution in [0.3, 0.4) is 0 Å². The van der Waals surface area contributed by atoms with Gasteiger partial charge in [0.2, 0.25) is 5.91 Å². The lowest BCUT2D eigenvalue weighted by atomic mass is 10.1. The summed E-state index contributed by atoms with van der Waals surface area (Å²) in [5.41, 5.74) is 0.811. The first-order chi connectivity index (χ1) is 11.5. The Labute approximate surface area is 140 Å². The molecule has 0 aliphatic heterocycles. The van der Waals surface area contributed by atoms with Crippen LogP contribution in [0, 0.1) is 0 Å². The van der Waals surface area contributed by atoms with E-state index >= 15 is 0 Å². The Hall–Kier alpha value is -2.83. The van der Waals surface area contributed by atoms with Gasteiger partial charge in [-0.15, -0.1) is 0 Å². The second-order valence-corrected chi connectivity index (χ2v) is 5.39. The average molecular weight is 330 g/mol. The van der Waals surface area contributed by atoms with Crippen LogP contribution in [0.15, 0.2) is 41.3 Å². The molecule has 24 heavy (non-hydrogen) atoms. The minimum atomic E-state index is -0.327. The summed E-state index contributed by atoms with van der Waals surface area (Å²) in [4.78, 5) is 37.8. The largest absolute Gasteiger partial charge is 0.339 e. The molecule has 2 aromatic rings. The van der Waals surface area contributed by atoms with Gasteiger partial charge >= 0.3 is 0 Å². The van der Waals surface area contributed by atoms with Crippen LogP contribution in [0.4, 0.5) is 5.69 Å². The molecule has 1 aromatic heterocycles. The van der Waals surface area contributed by atoms with Crippen LogP contribution in [-0.2, 0) is 18.4 Å². The van der Waals surface area contributed by atoms with E-state index in [0.29, 0.717) is 24.3 Å². The molecule has 7 heteroatoms. The van der Waals surface area contributed by atoms with E-state index in [4.69, 9.17) is 0 Å². The summed E-state index contributed by atoms with van der Waals surface area (Å²) in [5.74, 6) is -0.402. The van der Waals surface area contributed by atoms with Gasteiger partial charge in [0, 0.05) is 43.7 Å². The molecular formula is C17H22N4O3. The Kier molecular flexibility index (Phi) is 5.57. The zero-order valence-corrected chi connectivity index (χ0v) is 14.2. The van der Waals surface area contributed by atoms with Crippen LogP contribution >= 0.6 is 0 Å². The fraction of sp³-hybridized carbons (Fsp3) is 0.353. The number of aryl methyl sites for hydroxylation is 1. The van der Waals surface area contributed by atoms with E-state index < -0.39 is 0 Å². The number of anilines is 1. The molecule has 7 nitrogen and oxygen atoms in total. The summed E-state index contributed by atoms with van der Waals surface area (Å²) in [6, 6.07) is 8.20. The lowest BCUT2D eigenvalue weighted by Gasteiger charge is -2.19. The Morgan fingerprint density at radius 2 is 1.88 bits per heavy atom.